The molecule has 7 heteroatoms. The van der Waals surface area contributed by atoms with E-state index < -0.39 is 30.0 Å². The summed E-state index contributed by atoms with van der Waals surface area (Å²) in [6, 6.07) is 9.22. The van der Waals surface area contributed by atoms with E-state index in [1.165, 1.54) is 26.2 Å². The van der Waals surface area contributed by atoms with Gasteiger partial charge in [-0.3, -0.25) is 4.90 Å². The van der Waals surface area contributed by atoms with Crippen molar-refractivity contribution in [2.45, 2.75) is 38.0 Å². The number of halogens is 3. The minimum atomic E-state index is -1.92. The summed E-state index contributed by atoms with van der Waals surface area (Å²) < 4.78 is 50.9. The summed E-state index contributed by atoms with van der Waals surface area (Å²) in [4.78, 5) is 5.09. The van der Waals surface area contributed by atoms with Crippen LogP contribution in [-0.4, -0.2) is 53.6 Å². The molecule has 3 atom stereocenters. The number of aromatic nitrogens is 1. The van der Waals surface area contributed by atoms with Gasteiger partial charge in [-0.15, -0.1) is 0 Å². The maximum absolute atomic E-state index is 15.5. The van der Waals surface area contributed by atoms with Gasteiger partial charge in [-0.1, -0.05) is 30.4 Å². The fraction of sp³-hybridized carbons (Fsp3) is 0.385. The maximum atomic E-state index is 15.5. The van der Waals surface area contributed by atoms with E-state index in [9.17, 15) is 9.50 Å². The van der Waals surface area contributed by atoms with Gasteiger partial charge in [0.2, 0.25) is 0 Å². The number of methoxy groups -OCH3 is 1. The molecule has 0 amide bonds. The Morgan fingerprint density at radius 3 is 2.61 bits per heavy atom. The Hall–Kier alpha value is -2.61. The summed E-state index contributed by atoms with van der Waals surface area (Å²) in [5.74, 6) is -1.41. The zero-order chi connectivity index (χ0) is 23.8. The van der Waals surface area contributed by atoms with Crippen LogP contribution in [0.5, 0.6) is 0 Å². The van der Waals surface area contributed by atoms with Crippen molar-refractivity contribution >= 4 is 17.0 Å². The number of fused-ring (bicyclic) bond motifs is 3. The molecule has 1 unspecified atom stereocenters. The summed E-state index contributed by atoms with van der Waals surface area (Å²) in [6.45, 7) is 2.69. The quantitative estimate of drug-likeness (QED) is 0.514. The molecule has 4 nitrogen and oxygen atoms in total. The molecular formula is C26H29F3N2O2. The lowest BCUT2D eigenvalue weighted by molar-refractivity contribution is 0.0162. The maximum Gasteiger partial charge on any atom is 0.143 e. The van der Waals surface area contributed by atoms with E-state index in [4.69, 9.17) is 4.74 Å². The molecule has 0 bridgehead atoms. The molecule has 1 aliphatic heterocycles. The van der Waals surface area contributed by atoms with Crippen molar-refractivity contribution in [3.8, 4) is 0 Å². The molecule has 2 heterocycles. The molecule has 1 aliphatic rings. The highest BCUT2D eigenvalue weighted by molar-refractivity contribution is 5.85. The van der Waals surface area contributed by atoms with Crippen LogP contribution in [-0.2, 0) is 11.2 Å². The number of nitrogens with zero attached hydrogens (tertiary/aromatic N) is 1. The Bertz CT molecular complexity index is 1150. The number of aliphatic hydroxyl groups excluding tert-OH is 1. The lowest BCUT2D eigenvalue weighted by Gasteiger charge is -2.43. The van der Waals surface area contributed by atoms with Crippen LogP contribution in [0.4, 0.5) is 13.2 Å². The molecule has 2 aromatic carbocycles. The van der Waals surface area contributed by atoms with Gasteiger partial charge in [-0.25, -0.2) is 13.2 Å². The number of H-pyrrole nitrogens is 1. The van der Waals surface area contributed by atoms with Gasteiger partial charge >= 0.3 is 0 Å². The van der Waals surface area contributed by atoms with Gasteiger partial charge in [0, 0.05) is 41.9 Å². The Balaban J connectivity index is 1.88. The predicted octanol–water partition coefficient (Wildman–Crippen LogP) is 5.16. The van der Waals surface area contributed by atoms with Crippen LogP contribution < -0.4 is 0 Å². The second-order valence-electron chi connectivity index (χ2n) is 9.02. The minimum Gasteiger partial charge on any atom is -0.393 e. The highest BCUT2D eigenvalue weighted by Crippen LogP contribution is 2.43. The average Bonchev–Trinajstić information content (AvgIpc) is 3.13. The largest absolute Gasteiger partial charge is 0.393 e. The van der Waals surface area contributed by atoms with Crippen LogP contribution in [0.15, 0.2) is 42.5 Å². The molecule has 0 fully saturated rings. The van der Waals surface area contributed by atoms with E-state index in [1.807, 2.05) is 31.2 Å². The average molecular weight is 459 g/mol. The Morgan fingerprint density at radius 2 is 1.94 bits per heavy atom. The molecule has 0 saturated carbocycles. The van der Waals surface area contributed by atoms with Gasteiger partial charge in [-0.05, 0) is 49.6 Å². The summed E-state index contributed by atoms with van der Waals surface area (Å²) in [6.07, 6.45) is 3.87. The highest BCUT2D eigenvalue weighted by Gasteiger charge is 2.41. The van der Waals surface area contributed by atoms with Gasteiger partial charge in [-0.2, -0.15) is 0 Å². The summed E-state index contributed by atoms with van der Waals surface area (Å²) in [5, 5.41) is 10.5. The molecule has 2 N–H and O–H groups in total. The molecule has 3 aromatic rings. The third-order valence-electron chi connectivity index (χ3n) is 6.31. The molecule has 4 rings (SSSR count). The van der Waals surface area contributed by atoms with E-state index >= 15 is 8.78 Å². The van der Waals surface area contributed by atoms with Crippen molar-refractivity contribution in [3.05, 3.63) is 76.5 Å². The number of benzene rings is 2. The van der Waals surface area contributed by atoms with Crippen LogP contribution in [0.25, 0.3) is 17.0 Å². The van der Waals surface area contributed by atoms with Crippen LogP contribution >= 0.6 is 0 Å². The number of rotatable bonds is 7. The van der Waals surface area contributed by atoms with E-state index in [1.54, 1.807) is 17.1 Å². The molecule has 176 valence electrons. The van der Waals surface area contributed by atoms with Crippen LogP contribution in [0.3, 0.4) is 0 Å². The normalized spacial score (nSPS) is 20.9. The summed E-state index contributed by atoms with van der Waals surface area (Å²) in [7, 11) is 1.54. The monoisotopic (exact) mass is 458 g/mol. The number of aliphatic hydroxyl groups is 1. The first-order chi connectivity index (χ1) is 15.8. The van der Waals surface area contributed by atoms with Crippen molar-refractivity contribution in [1.29, 1.82) is 0 Å². The third-order valence-corrected chi connectivity index (χ3v) is 6.31. The van der Waals surface area contributed by atoms with E-state index in [2.05, 4.69) is 4.98 Å². The molecular weight excluding hydrogens is 429 g/mol. The van der Waals surface area contributed by atoms with Crippen LogP contribution in [0.2, 0.25) is 0 Å². The topological polar surface area (TPSA) is 48.5 Å². The summed E-state index contributed by atoms with van der Waals surface area (Å²) >= 11 is 0. The van der Waals surface area contributed by atoms with Gasteiger partial charge in [0.15, 0.2) is 0 Å². The number of aromatic amines is 1. The first-order valence-electron chi connectivity index (χ1n) is 11.0. The van der Waals surface area contributed by atoms with Gasteiger partial charge < -0.3 is 14.8 Å². The van der Waals surface area contributed by atoms with Crippen molar-refractivity contribution in [1.82, 2.24) is 9.88 Å². The lowest BCUT2D eigenvalue weighted by Crippen LogP contribution is -2.50. The van der Waals surface area contributed by atoms with E-state index in [-0.39, 0.29) is 18.2 Å². The van der Waals surface area contributed by atoms with Crippen molar-refractivity contribution < 1.29 is 23.0 Å². The number of nitrogens with one attached hydrogen (secondary N) is 1. The minimum absolute atomic E-state index is 0.132. The fourth-order valence-corrected chi connectivity index (χ4v) is 4.74. The molecule has 33 heavy (non-hydrogen) atoms. The third kappa shape index (κ3) is 4.58. The Labute approximate surface area is 191 Å². The summed E-state index contributed by atoms with van der Waals surface area (Å²) in [5.41, 5.74) is 0.823. The smallest absolute Gasteiger partial charge is 0.143 e. The van der Waals surface area contributed by atoms with E-state index in [0.29, 0.717) is 24.3 Å². The zero-order valence-electron chi connectivity index (χ0n) is 19.0. The number of para-hydroxylation sites is 1. The first-order valence-corrected chi connectivity index (χ1v) is 11.0. The lowest BCUT2D eigenvalue weighted by atomic mass is 9.86. The highest BCUT2D eigenvalue weighted by atomic mass is 19.1. The number of hydrogen-bond donors (Lipinski definition) is 2. The zero-order valence-corrected chi connectivity index (χ0v) is 19.0. The molecule has 0 spiro atoms. The number of ether oxygens (including phenoxy) is 1. The van der Waals surface area contributed by atoms with Gasteiger partial charge in [0.05, 0.1) is 19.3 Å². The second kappa shape index (κ2) is 9.33. The predicted molar refractivity (Wildman–Crippen MR) is 124 cm³/mol. The van der Waals surface area contributed by atoms with Gasteiger partial charge in [0.1, 0.15) is 17.3 Å². The van der Waals surface area contributed by atoms with Crippen molar-refractivity contribution in [2.75, 3.05) is 26.9 Å². The van der Waals surface area contributed by atoms with Crippen molar-refractivity contribution in [2.24, 2.45) is 0 Å². The molecule has 0 aliphatic carbocycles. The van der Waals surface area contributed by atoms with Gasteiger partial charge in [0.25, 0.3) is 0 Å². The van der Waals surface area contributed by atoms with Crippen LogP contribution in [0.1, 0.15) is 42.3 Å². The van der Waals surface area contributed by atoms with E-state index in [0.717, 1.165) is 16.5 Å². The standard InChI is InChI=1S/C26H29F3N2O2/c1-16-11-19-18-8-4-5-9-22(18)30-24(19)25(31(16)14-26(2,29)15-32)23-20(27)12-17(13-21(23)28)7-6-10-33-3/h4-9,12-13,16,25,30,32H,10-11,14-15H2,1-3H3/b7-6+/t16-,25-,26?/m1/s1. The fourth-order valence-electron chi connectivity index (χ4n) is 4.74. The Morgan fingerprint density at radius 1 is 1.24 bits per heavy atom. The molecule has 0 saturated heterocycles. The van der Waals surface area contributed by atoms with Crippen molar-refractivity contribution in [3.63, 3.8) is 0 Å². The number of hydrogen-bond acceptors (Lipinski definition) is 3. The SMILES string of the molecule is COC/C=C/c1cc(F)c([C@@H]2c3[nH]c4ccccc4c3C[C@@H](C)N2CC(C)(F)CO)c(F)c1. The molecule has 0 radical (unpaired) electrons. The van der Waals surface area contributed by atoms with Crippen LogP contribution in [0, 0.1) is 11.6 Å². The second-order valence-corrected chi connectivity index (χ2v) is 9.02. The Kier molecular flexibility index (Phi) is 6.66. The number of alkyl halides is 1. The molecule has 1 aromatic heterocycles. The first kappa shape index (κ1) is 23.5.